The summed E-state index contributed by atoms with van der Waals surface area (Å²) in [5, 5.41) is 0. The van der Waals surface area contributed by atoms with E-state index in [0.29, 0.717) is 12.6 Å². The zero-order valence-corrected chi connectivity index (χ0v) is 13.3. The Balaban J connectivity index is 1.93. The number of nitrogens with zero attached hydrogens (tertiary/aromatic N) is 1. The fourth-order valence-electron chi connectivity index (χ4n) is 3.03. The lowest BCUT2D eigenvalue weighted by atomic mass is 9.86. The molecule has 0 spiro atoms. The second-order valence-corrected chi connectivity index (χ2v) is 7.54. The summed E-state index contributed by atoms with van der Waals surface area (Å²) in [5.41, 5.74) is 0.929. The molecular formula is C16H25NOS. The molecule has 0 atom stereocenters. The number of ketones is 1. The molecule has 1 aliphatic carbocycles. The van der Waals surface area contributed by atoms with Gasteiger partial charge in [-0.3, -0.25) is 9.69 Å². The van der Waals surface area contributed by atoms with Crippen LogP contribution in [0, 0.1) is 19.8 Å². The van der Waals surface area contributed by atoms with Crippen molar-refractivity contribution in [2.75, 3.05) is 13.6 Å². The molecule has 0 N–H and O–H groups in total. The second-order valence-electron chi connectivity index (χ2n) is 6.08. The van der Waals surface area contributed by atoms with Gasteiger partial charge >= 0.3 is 0 Å². The molecule has 0 aliphatic heterocycles. The van der Waals surface area contributed by atoms with E-state index in [9.17, 15) is 4.79 Å². The van der Waals surface area contributed by atoms with Gasteiger partial charge in [-0.15, -0.1) is 11.3 Å². The van der Waals surface area contributed by atoms with Gasteiger partial charge in [-0.2, -0.15) is 0 Å². The molecule has 1 fully saturated rings. The number of aryl methyl sites for hydroxylation is 2. The van der Waals surface area contributed by atoms with E-state index in [2.05, 4.69) is 25.8 Å². The first kappa shape index (κ1) is 14.7. The standard InChI is InChI=1S/C16H25NOS/c1-11-5-7-14(8-6-11)17(4)10-16(18)15-9-12(2)19-13(15)3/h9,11,14H,5-8,10H2,1-4H3. The highest BCUT2D eigenvalue weighted by molar-refractivity contribution is 7.12. The molecule has 0 aromatic carbocycles. The van der Waals surface area contributed by atoms with Gasteiger partial charge < -0.3 is 0 Å². The van der Waals surface area contributed by atoms with Crippen LogP contribution in [0.4, 0.5) is 0 Å². The third kappa shape index (κ3) is 3.67. The number of hydrogen-bond donors (Lipinski definition) is 0. The van der Waals surface area contributed by atoms with E-state index in [4.69, 9.17) is 0 Å². The van der Waals surface area contributed by atoms with Crippen LogP contribution in [0.5, 0.6) is 0 Å². The summed E-state index contributed by atoms with van der Waals surface area (Å²) in [5.74, 6) is 1.14. The van der Waals surface area contributed by atoms with E-state index in [1.807, 2.05) is 13.0 Å². The van der Waals surface area contributed by atoms with Gasteiger partial charge in [-0.1, -0.05) is 6.92 Å². The smallest absolute Gasteiger partial charge is 0.177 e. The van der Waals surface area contributed by atoms with Crippen molar-refractivity contribution in [1.82, 2.24) is 4.90 Å². The van der Waals surface area contributed by atoms with Crippen molar-refractivity contribution >= 4 is 17.1 Å². The Morgan fingerprint density at radius 2 is 1.95 bits per heavy atom. The molecule has 106 valence electrons. The monoisotopic (exact) mass is 279 g/mol. The Kier molecular flexibility index (Phi) is 4.80. The quantitative estimate of drug-likeness (QED) is 0.775. The van der Waals surface area contributed by atoms with Crippen molar-refractivity contribution in [3.05, 3.63) is 21.4 Å². The lowest BCUT2D eigenvalue weighted by Gasteiger charge is -2.33. The number of carbonyl (C=O) groups is 1. The van der Waals surface area contributed by atoms with Crippen LogP contribution in [-0.2, 0) is 0 Å². The predicted octanol–water partition coefficient (Wildman–Crippen LogP) is 4.06. The molecule has 0 bridgehead atoms. The summed E-state index contributed by atoms with van der Waals surface area (Å²) in [6, 6.07) is 2.64. The number of carbonyl (C=O) groups excluding carboxylic acids is 1. The van der Waals surface area contributed by atoms with Crippen molar-refractivity contribution in [3.63, 3.8) is 0 Å². The number of Topliss-reactive ketones (excluding diaryl/α,β-unsaturated/α-hetero) is 1. The minimum atomic E-state index is 0.281. The molecule has 0 saturated heterocycles. The maximum atomic E-state index is 12.4. The molecule has 1 aromatic rings. The highest BCUT2D eigenvalue weighted by atomic mass is 32.1. The fourth-order valence-corrected chi connectivity index (χ4v) is 3.97. The Hall–Kier alpha value is -0.670. The number of rotatable bonds is 4. The molecule has 0 radical (unpaired) electrons. The molecule has 1 heterocycles. The van der Waals surface area contributed by atoms with Crippen LogP contribution in [0.1, 0.15) is 52.7 Å². The molecule has 2 nitrogen and oxygen atoms in total. The molecule has 0 amide bonds. The van der Waals surface area contributed by atoms with E-state index in [1.165, 1.54) is 30.6 Å². The van der Waals surface area contributed by atoms with E-state index in [0.717, 1.165) is 16.4 Å². The van der Waals surface area contributed by atoms with E-state index >= 15 is 0 Å². The van der Waals surface area contributed by atoms with Crippen molar-refractivity contribution in [1.29, 1.82) is 0 Å². The highest BCUT2D eigenvalue weighted by Gasteiger charge is 2.23. The Bertz CT molecular complexity index is 444. The van der Waals surface area contributed by atoms with Gasteiger partial charge in [0.2, 0.25) is 0 Å². The molecule has 3 heteroatoms. The van der Waals surface area contributed by atoms with Crippen LogP contribution in [0.15, 0.2) is 6.07 Å². The first-order valence-corrected chi connectivity index (χ1v) is 8.09. The average Bonchev–Trinajstić information content (AvgIpc) is 2.69. The molecule has 1 saturated carbocycles. The van der Waals surface area contributed by atoms with E-state index in [-0.39, 0.29) is 5.78 Å². The molecular weight excluding hydrogens is 254 g/mol. The minimum absolute atomic E-state index is 0.281. The van der Waals surface area contributed by atoms with Gasteiger partial charge in [0.15, 0.2) is 5.78 Å². The van der Waals surface area contributed by atoms with Crippen molar-refractivity contribution < 1.29 is 4.79 Å². The maximum absolute atomic E-state index is 12.4. The second kappa shape index (κ2) is 6.19. The molecule has 1 aliphatic rings. The van der Waals surface area contributed by atoms with Crippen LogP contribution in [-0.4, -0.2) is 30.3 Å². The lowest BCUT2D eigenvalue weighted by Crippen LogP contribution is -2.38. The summed E-state index contributed by atoms with van der Waals surface area (Å²) in [7, 11) is 2.10. The first-order chi connectivity index (χ1) is 8.97. The van der Waals surface area contributed by atoms with Gasteiger partial charge in [-0.05, 0) is 58.6 Å². The zero-order chi connectivity index (χ0) is 14.0. The number of thiophene rings is 1. The maximum Gasteiger partial charge on any atom is 0.177 e. The summed E-state index contributed by atoms with van der Waals surface area (Å²) in [6.45, 7) is 7.02. The van der Waals surface area contributed by atoms with Crippen LogP contribution >= 0.6 is 11.3 Å². The van der Waals surface area contributed by atoms with Gasteiger partial charge in [-0.25, -0.2) is 0 Å². The number of hydrogen-bond acceptors (Lipinski definition) is 3. The van der Waals surface area contributed by atoms with Crippen LogP contribution in [0.3, 0.4) is 0 Å². The molecule has 1 aromatic heterocycles. The Morgan fingerprint density at radius 1 is 1.32 bits per heavy atom. The van der Waals surface area contributed by atoms with Crippen molar-refractivity contribution in [2.24, 2.45) is 5.92 Å². The molecule has 19 heavy (non-hydrogen) atoms. The van der Waals surface area contributed by atoms with Gasteiger partial charge in [0.1, 0.15) is 0 Å². The summed E-state index contributed by atoms with van der Waals surface area (Å²) >= 11 is 1.72. The van der Waals surface area contributed by atoms with Crippen LogP contribution < -0.4 is 0 Å². The summed E-state index contributed by atoms with van der Waals surface area (Å²) in [4.78, 5) is 17.0. The van der Waals surface area contributed by atoms with Crippen molar-refractivity contribution in [3.8, 4) is 0 Å². The average molecular weight is 279 g/mol. The third-order valence-electron chi connectivity index (χ3n) is 4.34. The normalized spacial score (nSPS) is 23.8. The summed E-state index contributed by atoms with van der Waals surface area (Å²) in [6.07, 6.45) is 5.10. The third-order valence-corrected chi connectivity index (χ3v) is 5.31. The zero-order valence-electron chi connectivity index (χ0n) is 12.5. The molecule has 0 unspecified atom stereocenters. The largest absolute Gasteiger partial charge is 0.296 e. The Labute approximate surface area is 120 Å². The SMILES string of the molecule is Cc1cc(C(=O)CN(C)C2CCC(C)CC2)c(C)s1. The predicted molar refractivity (Wildman–Crippen MR) is 82.2 cm³/mol. The molecule has 2 rings (SSSR count). The van der Waals surface area contributed by atoms with Crippen LogP contribution in [0.2, 0.25) is 0 Å². The van der Waals surface area contributed by atoms with Crippen molar-refractivity contribution in [2.45, 2.75) is 52.5 Å². The summed E-state index contributed by atoms with van der Waals surface area (Å²) < 4.78 is 0. The highest BCUT2D eigenvalue weighted by Crippen LogP contribution is 2.27. The van der Waals surface area contributed by atoms with Gasteiger partial charge in [0.05, 0.1) is 6.54 Å². The van der Waals surface area contributed by atoms with Gasteiger partial charge in [0.25, 0.3) is 0 Å². The topological polar surface area (TPSA) is 20.3 Å². The van der Waals surface area contributed by atoms with E-state index in [1.54, 1.807) is 11.3 Å². The minimum Gasteiger partial charge on any atom is -0.296 e. The number of likely N-dealkylation sites (N-methyl/N-ethyl adjacent to an activating group) is 1. The fraction of sp³-hybridized carbons (Fsp3) is 0.688. The lowest BCUT2D eigenvalue weighted by molar-refractivity contribution is 0.0888. The van der Waals surface area contributed by atoms with E-state index < -0.39 is 0 Å². The van der Waals surface area contributed by atoms with Gasteiger partial charge in [0, 0.05) is 21.4 Å². The Morgan fingerprint density at radius 3 is 2.47 bits per heavy atom. The van der Waals surface area contributed by atoms with Crippen LogP contribution in [0.25, 0.3) is 0 Å². The first-order valence-electron chi connectivity index (χ1n) is 7.28.